The van der Waals surface area contributed by atoms with Crippen LogP contribution < -0.4 is 0 Å². The van der Waals surface area contributed by atoms with E-state index in [1.54, 1.807) is 0 Å². The normalized spacial score (nSPS) is 16.6. The largest absolute Gasteiger partial charge is 0.299 e. The van der Waals surface area contributed by atoms with Crippen molar-refractivity contribution in [3.8, 4) is 0 Å². The molecule has 1 fully saturated rings. The zero-order valence-electron chi connectivity index (χ0n) is 10.3. The summed E-state index contributed by atoms with van der Waals surface area (Å²) in [6.45, 7) is 4.22. The first-order valence-corrected chi connectivity index (χ1v) is 6.25. The van der Waals surface area contributed by atoms with Gasteiger partial charge < -0.3 is 0 Å². The number of Topliss-reactive ketones (excluding diaryl/α,β-unsaturated/α-hetero) is 1. The molecule has 1 nitrogen and oxygen atoms in total. The van der Waals surface area contributed by atoms with E-state index in [-0.39, 0.29) is 0 Å². The molecule has 0 bridgehead atoms. The Hall–Kier alpha value is -1.11. The van der Waals surface area contributed by atoms with Crippen LogP contribution in [-0.2, 0) is 11.2 Å². The van der Waals surface area contributed by atoms with Crippen molar-refractivity contribution in [2.24, 2.45) is 5.92 Å². The van der Waals surface area contributed by atoms with Gasteiger partial charge in [0.2, 0.25) is 0 Å². The molecule has 1 aromatic carbocycles. The molecule has 1 saturated carbocycles. The highest BCUT2D eigenvalue weighted by molar-refractivity contribution is 5.83. The van der Waals surface area contributed by atoms with Gasteiger partial charge in [-0.05, 0) is 43.4 Å². The Bertz CT molecular complexity index is 386. The minimum Gasteiger partial charge on any atom is -0.299 e. The zero-order valence-corrected chi connectivity index (χ0v) is 10.3. The molecule has 2 rings (SSSR count). The van der Waals surface area contributed by atoms with Gasteiger partial charge in [0, 0.05) is 12.3 Å². The van der Waals surface area contributed by atoms with Crippen molar-refractivity contribution in [2.75, 3.05) is 0 Å². The van der Waals surface area contributed by atoms with E-state index in [4.69, 9.17) is 0 Å². The average molecular weight is 216 g/mol. The van der Waals surface area contributed by atoms with E-state index in [0.717, 1.165) is 12.8 Å². The molecule has 0 radical (unpaired) electrons. The fraction of sp³-hybridized carbons (Fsp3) is 0.533. The summed E-state index contributed by atoms with van der Waals surface area (Å²) in [5.41, 5.74) is 3.77. The maximum absolute atomic E-state index is 12.0. The molecule has 0 aliphatic heterocycles. The summed E-state index contributed by atoms with van der Waals surface area (Å²) >= 11 is 0. The van der Waals surface area contributed by atoms with Gasteiger partial charge in [0.25, 0.3) is 0 Å². The first-order valence-electron chi connectivity index (χ1n) is 6.25. The van der Waals surface area contributed by atoms with Gasteiger partial charge in [0.05, 0.1) is 0 Å². The Morgan fingerprint density at radius 2 is 1.88 bits per heavy atom. The lowest BCUT2D eigenvalue weighted by molar-refractivity contribution is -0.122. The van der Waals surface area contributed by atoms with Crippen LogP contribution in [0.1, 0.15) is 42.4 Å². The molecule has 0 unspecified atom stereocenters. The average Bonchev–Trinajstić information content (AvgIpc) is 2.77. The molecule has 1 aromatic rings. The number of rotatable bonds is 3. The fourth-order valence-corrected chi connectivity index (χ4v) is 2.51. The first-order chi connectivity index (χ1) is 7.66. The predicted molar refractivity (Wildman–Crippen MR) is 66.6 cm³/mol. The molecule has 0 amide bonds. The highest BCUT2D eigenvalue weighted by atomic mass is 16.1. The van der Waals surface area contributed by atoms with E-state index >= 15 is 0 Å². The SMILES string of the molecule is Cc1ccc(CC(=O)C2CCCC2)cc1C. The molecule has 1 heteroatoms. The van der Waals surface area contributed by atoms with Crippen LogP contribution in [0, 0.1) is 19.8 Å². The van der Waals surface area contributed by atoms with Crippen molar-refractivity contribution in [2.45, 2.75) is 46.0 Å². The summed E-state index contributed by atoms with van der Waals surface area (Å²) in [4.78, 5) is 12.0. The topological polar surface area (TPSA) is 17.1 Å². The van der Waals surface area contributed by atoms with Crippen molar-refractivity contribution in [1.82, 2.24) is 0 Å². The molecule has 1 aliphatic carbocycles. The van der Waals surface area contributed by atoms with Crippen LogP contribution in [0.4, 0.5) is 0 Å². The molecule has 0 saturated heterocycles. The van der Waals surface area contributed by atoms with Gasteiger partial charge in [-0.2, -0.15) is 0 Å². The monoisotopic (exact) mass is 216 g/mol. The van der Waals surface area contributed by atoms with Gasteiger partial charge in [-0.3, -0.25) is 4.79 Å². The van der Waals surface area contributed by atoms with Crippen LogP contribution >= 0.6 is 0 Å². The molecule has 0 N–H and O–H groups in total. The molecular formula is C15H20O. The van der Waals surface area contributed by atoms with Crippen molar-refractivity contribution in [3.05, 3.63) is 34.9 Å². The second-order valence-electron chi connectivity index (χ2n) is 5.04. The molecular weight excluding hydrogens is 196 g/mol. The Labute approximate surface area is 97.9 Å². The van der Waals surface area contributed by atoms with Crippen LogP contribution in [0.25, 0.3) is 0 Å². The van der Waals surface area contributed by atoms with Crippen molar-refractivity contribution in [1.29, 1.82) is 0 Å². The molecule has 16 heavy (non-hydrogen) atoms. The van der Waals surface area contributed by atoms with Crippen molar-refractivity contribution in [3.63, 3.8) is 0 Å². The molecule has 86 valence electrons. The van der Waals surface area contributed by atoms with E-state index < -0.39 is 0 Å². The van der Waals surface area contributed by atoms with Crippen LogP contribution in [-0.4, -0.2) is 5.78 Å². The maximum Gasteiger partial charge on any atom is 0.140 e. The summed E-state index contributed by atoms with van der Waals surface area (Å²) in [5.74, 6) is 0.794. The number of carbonyl (C=O) groups excluding carboxylic acids is 1. The lowest BCUT2D eigenvalue weighted by Gasteiger charge is -2.09. The number of hydrogen-bond acceptors (Lipinski definition) is 1. The third-order valence-corrected chi connectivity index (χ3v) is 3.76. The number of carbonyl (C=O) groups is 1. The van der Waals surface area contributed by atoms with Gasteiger partial charge in [-0.1, -0.05) is 31.0 Å². The van der Waals surface area contributed by atoms with Crippen molar-refractivity contribution >= 4 is 5.78 Å². The summed E-state index contributed by atoms with van der Waals surface area (Å²) in [7, 11) is 0. The first kappa shape index (κ1) is 11.4. The second kappa shape index (κ2) is 4.82. The van der Waals surface area contributed by atoms with Crippen LogP contribution in [0.5, 0.6) is 0 Å². The van der Waals surface area contributed by atoms with E-state index in [1.165, 1.54) is 29.5 Å². The summed E-state index contributed by atoms with van der Waals surface area (Å²) in [6.07, 6.45) is 5.34. The van der Waals surface area contributed by atoms with Gasteiger partial charge in [0.15, 0.2) is 0 Å². The third-order valence-electron chi connectivity index (χ3n) is 3.76. The molecule has 0 aromatic heterocycles. The minimum absolute atomic E-state index is 0.349. The van der Waals surface area contributed by atoms with Crippen LogP contribution in [0.15, 0.2) is 18.2 Å². The van der Waals surface area contributed by atoms with Gasteiger partial charge in [-0.25, -0.2) is 0 Å². The molecule has 0 atom stereocenters. The lowest BCUT2D eigenvalue weighted by Crippen LogP contribution is -2.13. The predicted octanol–water partition coefficient (Wildman–Crippen LogP) is 3.61. The van der Waals surface area contributed by atoms with E-state index in [2.05, 4.69) is 32.0 Å². The third kappa shape index (κ3) is 2.52. The Balaban J connectivity index is 2.02. The lowest BCUT2D eigenvalue weighted by atomic mass is 9.95. The summed E-state index contributed by atoms with van der Waals surface area (Å²) in [6, 6.07) is 6.37. The Morgan fingerprint density at radius 1 is 1.19 bits per heavy atom. The van der Waals surface area contributed by atoms with E-state index in [9.17, 15) is 4.79 Å². The number of ketones is 1. The van der Waals surface area contributed by atoms with Gasteiger partial charge >= 0.3 is 0 Å². The van der Waals surface area contributed by atoms with Gasteiger partial charge in [-0.15, -0.1) is 0 Å². The summed E-state index contributed by atoms with van der Waals surface area (Å²) in [5, 5.41) is 0. The quantitative estimate of drug-likeness (QED) is 0.754. The smallest absolute Gasteiger partial charge is 0.140 e. The number of benzene rings is 1. The minimum atomic E-state index is 0.349. The number of hydrogen-bond donors (Lipinski definition) is 0. The second-order valence-corrected chi connectivity index (χ2v) is 5.04. The Morgan fingerprint density at radius 3 is 2.50 bits per heavy atom. The highest BCUT2D eigenvalue weighted by Crippen LogP contribution is 2.26. The van der Waals surface area contributed by atoms with E-state index in [0.29, 0.717) is 18.1 Å². The number of aryl methyl sites for hydroxylation is 2. The van der Waals surface area contributed by atoms with Crippen molar-refractivity contribution < 1.29 is 4.79 Å². The maximum atomic E-state index is 12.0. The van der Waals surface area contributed by atoms with Crippen LogP contribution in [0.3, 0.4) is 0 Å². The van der Waals surface area contributed by atoms with Gasteiger partial charge in [0.1, 0.15) is 5.78 Å². The summed E-state index contributed by atoms with van der Waals surface area (Å²) < 4.78 is 0. The van der Waals surface area contributed by atoms with E-state index in [1.807, 2.05) is 0 Å². The molecule has 0 spiro atoms. The molecule has 0 heterocycles. The standard InChI is InChI=1S/C15H20O/c1-11-7-8-13(9-12(11)2)10-15(16)14-5-3-4-6-14/h7-9,14H,3-6,10H2,1-2H3. The molecule has 1 aliphatic rings. The Kier molecular flexibility index (Phi) is 3.42. The van der Waals surface area contributed by atoms with Crippen LogP contribution in [0.2, 0.25) is 0 Å². The highest BCUT2D eigenvalue weighted by Gasteiger charge is 2.22. The fourth-order valence-electron chi connectivity index (χ4n) is 2.51. The zero-order chi connectivity index (χ0) is 11.5.